The van der Waals surface area contributed by atoms with Crippen LogP contribution in [0.25, 0.3) is 0 Å². The van der Waals surface area contributed by atoms with E-state index in [1.807, 2.05) is 13.0 Å². The Labute approximate surface area is 130 Å². The number of nitrogens with two attached hydrogens (primary N) is 1. The molecule has 0 saturated heterocycles. The van der Waals surface area contributed by atoms with Crippen LogP contribution in [-0.4, -0.2) is 5.84 Å². The topological polar surface area (TPSA) is 59.1 Å². The normalized spacial score (nSPS) is 10.7. The molecule has 0 bridgehead atoms. The molecule has 21 heavy (non-hydrogen) atoms. The molecule has 3 N–H and O–H groups in total. The third-order valence-corrected chi connectivity index (χ3v) is 3.57. The summed E-state index contributed by atoms with van der Waals surface area (Å²) in [5.74, 6) is 1.51. The fourth-order valence-electron chi connectivity index (χ4n) is 2.18. The number of benzene rings is 2. The first-order valence-corrected chi connectivity index (χ1v) is 7.19. The third kappa shape index (κ3) is 3.37. The fourth-order valence-corrected chi connectivity index (χ4v) is 2.44. The van der Waals surface area contributed by atoms with Crippen LogP contribution in [0.3, 0.4) is 0 Å². The minimum Gasteiger partial charge on any atom is -0.456 e. The minimum absolute atomic E-state index is 0.102. The van der Waals surface area contributed by atoms with Crippen molar-refractivity contribution in [2.24, 2.45) is 5.73 Å². The van der Waals surface area contributed by atoms with Crippen LogP contribution in [0.15, 0.2) is 36.4 Å². The molecular formula is C17H19ClN2O. The molecule has 0 aliphatic carbocycles. The monoisotopic (exact) mass is 302 g/mol. The summed E-state index contributed by atoms with van der Waals surface area (Å²) >= 11 is 6.12. The summed E-state index contributed by atoms with van der Waals surface area (Å²) in [5.41, 5.74) is 8.26. The van der Waals surface area contributed by atoms with Crippen LogP contribution >= 0.6 is 11.6 Å². The Hall–Kier alpha value is -2.00. The first kappa shape index (κ1) is 15.4. The number of aryl methyl sites for hydroxylation is 1. The van der Waals surface area contributed by atoms with Crippen LogP contribution in [0.4, 0.5) is 0 Å². The molecular weight excluding hydrogens is 284 g/mol. The van der Waals surface area contributed by atoms with Crippen molar-refractivity contribution in [1.82, 2.24) is 0 Å². The van der Waals surface area contributed by atoms with Gasteiger partial charge in [-0.2, -0.15) is 0 Å². The maximum Gasteiger partial charge on any atom is 0.139 e. The smallest absolute Gasteiger partial charge is 0.139 e. The van der Waals surface area contributed by atoms with Crippen molar-refractivity contribution in [2.75, 3.05) is 0 Å². The lowest BCUT2D eigenvalue weighted by Crippen LogP contribution is -2.13. The summed E-state index contributed by atoms with van der Waals surface area (Å²) in [6.07, 6.45) is 0. The summed E-state index contributed by atoms with van der Waals surface area (Å²) in [6, 6.07) is 11.4. The van der Waals surface area contributed by atoms with Gasteiger partial charge >= 0.3 is 0 Å². The molecule has 0 saturated carbocycles. The van der Waals surface area contributed by atoms with Gasteiger partial charge in [-0.25, -0.2) is 0 Å². The number of hydrogen-bond donors (Lipinski definition) is 2. The first-order chi connectivity index (χ1) is 9.90. The van der Waals surface area contributed by atoms with Gasteiger partial charge in [0.05, 0.1) is 10.6 Å². The van der Waals surface area contributed by atoms with Crippen molar-refractivity contribution in [2.45, 2.75) is 26.7 Å². The highest BCUT2D eigenvalue weighted by Crippen LogP contribution is 2.34. The molecule has 2 aromatic carbocycles. The van der Waals surface area contributed by atoms with E-state index in [4.69, 9.17) is 27.5 Å². The van der Waals surface area contributed by atoms with Gasteiger partial charge in [0.25, 0.3) is 0 Å². The van der Waals surface area contributed by atoms with Gasteiger partial charge in [-0.3, -0.25) is 5.41 Å². The van der Waals surface area contributed by atoms with E-state index in [0.717, 1.165) is 16.9 Å². The van der Waals surface area contributed by atoms with Gasteiger partial charge in [-0.15, -0.1) is 0 Å². The van der Waals surface area contributed by atoms with Gasteiger partial charge < -0.3 is 10.5 Å². The second-order valence-electron chi connectivity index (χ2n) is 5.32. The molecule has 0 amide bonds. The quantitative estimate of drug-likeness (QED) is 0.626. The lowest BCUT2D eigenvalue weighted by molar-refractivity contribution is 0.471. The van der Waals surface area contributed by atoms with Crippen LogP contribution < -0.4 is 10.5 Å². The Morgan fingerprint density at radius 3 is 2.52 bits per heavy atom. The van der Waals surface area contributed by atoms with Crippen molar-refractivity contribution < 1.29 is 4.74 Å². The standard InChI is InChI=1S/C17H19ClN2O/c1-10(2)12-8-7-11(3)9-15(12)21-14-6-4-5-13(18)16(14)17(19)20/h4-10H,1-3H3,(H3,19,20). The number of nitrogen functional groups attached to an aromatic ring is 1. The highest BCUT2D eigenvalue weighted by molar-refractivity contribution is 6.34. The zero-order valence-corrected chi connectivity index (χ0v) is 13.2. The predicted octanol–water partition coefficient (Wildman–Crippen LogP) is 4.85. The average molecular weight is 303 g/mol. The van der Waals surface area contributed by atoms with Gasteiger partial charge in [0.15, 0.2) is 0 Å². The molecule has 0 fully saturated rings. The summed E-state index contributed by atoms with van der Waals surface area (Å²) < 4.78 is 6.02. The van der Waals surface area contributed by atoms with Crippen LogP contribution in [0.5, 0.6) is 11.5 Å². The number of amidine groups is 1. The van der Waals surface area contributed by atoms with Crippen molar-refractivity contribution >= 4 is 17.4 Å². The fraction of sp³-hybridized carbons (Fsp3) is 0.235. The summed E-state index contributed by atoms with van der Waals surface area (Å²) in [6.45, 7) is 6.24. The number of nitrogens with one attached hydrogen (secondary N) is 1. The lowest BCUT2D eigenvalue weighted by atomic mass is 10.0. The summed E-state index contributed by atoms with van der Waals surface area (Å²) in [4.78, 5) is 0. The Bertz CT molecular complexity index is 680. The molecule has 0 atom stereocenters. The number of rotatable bonds is 4. The van der Waals surface area contributed by atoms with E-state index < -0.39 is 0 Å². The van der Waals surface area contributed by atoms with E-state index in [1.165, 1.54) is 0 Å². The largest absolute Gasteiger partial charge is 0.456 e. The van der Waals surface area contributed by atoms with Crippen molar-refractivity contribution in [3.8, 4) is 11.5 Å². The zero-order valence-electron chi connectivity index (χ0n) is 12.4. The molecule has 3 nitrogen and oxygen atoms in total. The molecule has 0 aliphatic heterocycles. The Morgan fingerprint density at radius 1 is 1.19 bits per heavy atom. The van der Waals surface area contributed by atoms with Gasteiger partial charge in [-0.05, 0) is 42.2 Å². The van der Waals surface area contributed by atoms with Gasteiger partial charge in [0.1, 0.15) is 17.3 Å². The van der Waals surface area contributed by atoms with E-state index in [-0.39, 0.29) is 5.84 Å². The molecule has 110 valence electrons. The molecule has 0 heterocycles. The molecule has 0 spiro atoms. The summed E-state index contributed by atoms with van der Waals surface area (Å²) in [5, 5.41) is 8.09. The van der Waals surface area contributed by atoms with Crippen molar-refractivity contribution in [3.05, 3.63) is 58.1 Å². The maximum atomic E-state index is 7.68. The Morgan fingerprint density at radius 2 is 1.90 bits per heavy atom. The molecule has 2 rings (SSSR count). The minimum atomic E-state index is -0.102. The molecule has 0 aromatic heterocycles. The Balaban J connectivity index is 2.50. The SMILES string of the molecule is Cc1ccc(C(C)C)c(Oc2cccc(Cl)c2C(=N)N)c1. The second kappa shape index (κ2) is 6.19. The summed E-state index contributed by atoms with van der Waals surface area (Å²) in [7, 11) is 0. The van der Waals surface area contributed by atoms with Gasteiger partial charge in [0.2, 0.25) is 0 Å². The third-order valence-electron chi connectivity index (χ3n) is 3.26. The molecule has 0 unspecified atom stereocenters. The van der Waals surface area contributed by atoms with Crippen LogP contribution in [-0.2, 0) is 0 Å². The Kier molecular flexibility index (Phi) is 4.53. The number of hydrogen-bond acceptors (Lipinski definition) is 2. The lowest BCUT2D eigenvalue weighted by Gasteiger charge is -2.17. The molecule has 0 aliphatic rings. The van der Waals surface area contributed by atoms with Crippen LogP contribution in [0.2, 0.25) is 5.02 Å². The van der Waals surface area contributed by atoms with E-state index in [9.17, 15) is 0 Å². The zero-order chi connectivity index (χ0) is 15.6. The van der Waals surface area contributed by atoms with E-state index in [2.05, 4.69) is 26.0 Å². The van der Waals surface area contributed by atoms with E-state index in [1.54, 1.807) is 18.2 Å². The highest BCUT2D eigenvalue weighted by atomic mass is 35.5. The maximum absolute atomic E-state index is 7.68. The van der Waals surface area contributed by atoms with Crippen LogP contribution in [0, 0.1) is 12.3 Å². The molecule has 2 aromatic rings. The second-order valence-corrected chi connectivity index (χ2v) is 5.73. The van der Waals surface area contributed by atoms with Crippen molar-refractivity contribution in [1.29, 1.82) is 5.41 Å². The number of ether oxygens (including phenoxy) is 1. The number of halogens is 1. The van der Waals surface area contributed by atoms with E-state index in [0.29, 0.717) is 22.3 Å². The van der Waals surface area contributed by atoms with E-state index >= 15 is 0 Å². The first-order valence-electron chi connectivity index (χ1n) is 6.81. The van der Waals surface area contributed by atoms with Crippen molar-refractivity contribution in [3.63, 3.8) is 0 Å². The highest BCUT2D eigenvalue weighted by Gasteiger charge is 2.15. The molecule has 4 heteroatoms. The molecule has 0 radical (unpaired) electrons. The predicted molar refractivity (Wildman–Crippen MR) is 87.8 cm³/mol. The van der Waals surface area contributed by atoms with Gasteiger partial charge in [0, 0.05) is 0 Å². The average Bonchev–Trinajstić information content (AvgIpc) is 2.37. The van der Waals surface area contributed by atoms with Crippen LogP contribution in [0.1, 0.15) is 36.5 Å². The van der Waals surface area contributed by atoms with Gasteiger partial charge in [-0.1, -0.05) is 43.6 Å².